The van der Waals surface area contributed by atoms with Crippen LogP contribution in [0.25, 0.3) is 0 Å². The molecule has 0 spiro atoms. The van der Waals surface area contributed by atoms with Crippen molar-refractivity contribution in [2.24, 2.45) is 23.2 Å². The van der Waals surface area contributed by atoms with E-state index in [1.54, 1.807) is 6.07 Å². The van der Waals surface area contributed by atoms with E-state index in [0.29, 0.717) is 23.7 Å². The lowest BCUT2D eigenvalue weighted by Crippen LogP contribution is -2.55. The summed E-state index contributed by atoms with van der Waals surface area (Å²) in [6, 6.07) is 6.35. The zero-order chi connectivity index (χ0) is 25.1. The third-order valence-corrected chi connectivity index (χ3v) is 9.42. The Morgan fingerprint density at radius 3 is 2.61 bits per heavy atom. The van der Waals surface area contributed by atoms with Crippen LogP contribution in [0.4, 0.5) is 4.39 Å². The van der Waals surface area contributed by atoms with Gasteiger partial charge in [-0.25, -0.2) is 4.39 Å². The summed E-state index contributed by atoms with van der Waals surface area (Å²) in [7, 11) is 0. The lowest BCUT2D eigenvalue weighted by Gasteiger charge is -2.60. The molecule has 1 aromatic carbocycles. The normalized spacial score (nSPS) is 30.9. The Morgan fingerprint density at radius 2 is 2.00 bits per heavy atom. The van der Waals surface area contributed by atoms with Gasteiger partial charge in [0.1, 0.15) is 5.82 Å². The topological polar surface area (TPSA) is 59.0 Å². The minimum atomic E-state index is -0.448. The number of hydrogen-bond donors (Lipinski definition) is 2. The largest absolute Gasteiger partial charge is 0.354 e. The first-order chi connectivity index (χ1) is 16.4. The maximum absolute atomic E-state index is 14.3. The Balaban J connectivity index is 0.00000304. The van der Waals surface area contributed by atoms with Gasteiger partial charge in [-0.15, -0.1) is 12.4 Å². The van der Waals surface area contributed by atoms with Crippen molar-refractivity contribution in [2.45, 2.75) is 83.8 Å². The molecule has 36 heavy (non-hydrogen) atoms. The lowest BCUT2D eigenvalue weighted by molar-refractivity contribution is -0.126. The summed E-state index contributed by atoms with van der Waals surface area (Å²) in [6.07, 6.45) is 6.38. The van der Waals surface area contributed by atoms with Gasteiger partial charge in [-0.05, 0) is 93.4 Å². The van der Waals surface area contributed by atoms with E-state index in [1.807, 2.05) is 23.0 Å². The second-order valence-corrected chi connectivity index (χ2v) is 12.9. The van der Waals surface area contributed by atoms with Crippen molar-refractivity contribution in [3.8, 4) is 0 Å². The molecule has 4 fully saturated rings. The van der Waals surface area contributed by atoms with Gasteiger partial charge in [-0.1, -0.05) is 31.5 Å². The van der Waals surface area contributed by atoms with E-state index in [9.17, 15) is 9.18 Å². The van der Waals surface area contributed by atoms with Crippen LogP contribution in [-0.4, -0.2) is 28.3 Å². The van der Waals surface area contributed by atoms with Crippen LogP contribution in [0.3, 0.4) is 0 Å². The third kappa shape index (κ3) is 4.93. The van der Waals surface area contributed by atoms with Gasteiger partial charge in [0.25, 0.3) is 0 Å². The fourth-order valence-electron chi connectivity index (χ4n) is 6.77. The number of carbonyl (C=O) groups excluding carboxylic acids is 1. The maximum Gasteiger partial charge on any atom is 0.237 e. The van der Waals surface area contributed by atoms with Crippen molar-refractivity contribution in [2.75, 3.05) is 6.54 Å². The SMILES string of the molecule is CC1(C)C2CC[C@@H](CNC(=O)[C@@H]3CC(c4ccn(C(C)(C)C)n4)[C@H](c4ccc(Cl)c(F)c4)N3)C1C2.Cl. The van der Waals surface area contributed by atoms with Crippen LogP contribution in [0, 0.1) is 29.0 Å². The molecule has 2 heterocycles. The Kier molecular flexibility index (Phi) is 7.55. The third-order valence-electron chi connectivity index (χ3n) is 9.11. The van der Waals surface area contributed by atoms with Gasteiger partial charge < -0.3 is 5.32 Å². The Hall–Kier alpha value is -1.63. The van der Waals surface area contributed by atoms with Crippen LogP contribution >= 0.6 is 24.0 Å². The van der Waals surface area contributed by atoms with Crippen LogP contribution in [0.1, 0.15) is 83.5 Å². The summed E-state index contributed by atoms with van der Waals surface area (Å²) in [5, 5.41) is 11.7. The molecule has 4 aliphatic rings. The molecule has 8 heteroatoms. The number of amides is 1. The van der Waals surface area contributed by atoms with Crippen molar-refractivity contribution in [3.63, 3.8) is 0 Å². The molecule has 2 bridgehead atoms. The van der Waals surface area contributed by atoms with Gasteiger partial charge in [-0.3, -0.25) is 14.8 Å². The quantitative estimate of drug-likeness (QED) is 0.476. The van der Waals surface area contributed by atoms with Gasteiger partial charge in [0.05, 0.1) is 22.3 Å². The van der Waals surface area contributed by atoms with Crippen LogP contribution in [-0.2, 0) is 10.3 Å². The lowest BCUT2D eigenvalue weighted by atomic mass is 9.45. The first-order valence-corrected chi connectivity index (χ1v) is 13.4. The monoisotopic (exact) mass is 536 g/mol. The second-order valence-electron chi connectivity index (χ2n) is 12.5. The summed E-state index contributed by atoms with van der Waals surface area (Å²) in [6.45, 7) is 11.8. The van der Waals surface area contributed by atoms with Crippen LogP contribution in [0.15, 0.2) is 30.5 Å². The molecule has 6 atom stereocenters. The van der Waals surface area contributed by atoms with Crippen LogP contribution < -0.4 is 10.6 Å². The number of rotatable bonds is 5. The number of nitrogens with one attached hydrogen (secondary N) is 2. The van der Waals surface area contributed by atoms with Gasteiger partial charge in [0.2, 0.25) is 5.91 Å². The molecule has 0 radical (unpaired) electrons. The highest BCUT2D eigenvalue weighted by atomic mass is 35.5. The average molecular weight is 538 g/mol. The summed E-state index contributed by atoms with van der Waals surface area (Å²) in [5.41, 5.74) is 1.96. The smallest absolute Gasteiger partial charge is 0.237 e. The van der Waals surface area contributed by atoms with Crippen molar-refractivity contribution in [1.82, 2.24) is 20.4 Å². The predicted molar refractivity (Wildman–Crippen MR) is 144 cm³/mol. The minimum absolute atomic E-state index is 0. The van der Waals surface area contributed by atoms with E-state index in [0.717, 1.165) is 23.7 Å². The van der Waals surface area contributed by atoms with E-state index in [-0.39, 0.29) is 46.9 Å². The standard InChI is InChI=1S/C28H38ClFN4O.ClH/c1-27(2,3)34-11-10-23(33-34)19-14-24(32-25(19)16-7-9-21(29)22(30)12-16)26(35)31-15-17-6-8-18-13-20(17)28(18,4)5;/h7,9-12,17-20,24-25,32H,6,8,13-15H2,1-5H3,(H,31,35);1H/t17-,18?,19?,20?,24-,25-;/m0./s1. The van der Waals surface area contributed by atoms with Gasteiger partial charge in [0, 0.05) is 24.7 Å². The molecule has 3 unspecified atom stereocenters. The highest BCUT2D eigenvalue weighted by molar-refractivity contribution is 6.30. The van der Waals surface area contributed by atoms with Crippen LogP contribution in [0.2, 0.25) is 5.02 Å². The van der Waals surface area contributed by atoms with E-state index < -0.39 is 5.82 Å². The first-order valence-electron chi connectivity index (χ1n) is 13.0. The average Bonchev–Trinajstić information content (AvgIpc) is 3.47. The molecule has 3 aliphatic carbocycles. The van der Waals surface area contributed by atoms with Crippen LogP contribution in [0.5, 0.6) is 0 Å². The molecule has 6 rings (SSSR count). The fraction of sp³-hybridized carbons (Fsp3) is 0.643. The first kappa shape index (κ1) is 27.4. The number of benzene rings is 1. The molecular weight excluding hydrogens is 498 g/mol. The summed E-state index contributed by atoms with van der Waals surface area (Å²) in [5.74, 6) is 1.65. The molecule has 1 aromatic heterocycles. The number of halogens is 3. The molecule has 1 saturated heterocycles. The van der Waals surface area contributed by atoms with E-state index in [2.05, 4.69) is 45.3 Å². The highest BCUT2D eigenvalue weighted by Crippen LogP contribution is 2.61. The Morgan fingerprint density at radius 1 is 1.25 bits per heavy atom. The van der Waals surface area contributed by atoms with Crippen molar-refractivity contribution in [1.29, 1.82) is 0 Å². The number of nitrogens with zero attached hydrogens (tertiary/aromatic N) is 2. The van der Waals surface area contributed by atoms with Gasteiger partial charge in [-0.2, -0.15) is 5.10 Å². The summed E-state index contributed by atoms with van der Waals surface area (Å²) < 4.78 is 16.3. The highest BCUT2D eigenvalue weighted by Gasteiger charge is 2.54. The Bertz CT molecular complexity index is 1110. The molecular formula is C28H39Cl2FN4O. The van der Waals surface area contributed by atoms with Crippen molar-refractivity contribution in [3.05, 3.63) is 52.6 Å². The summed E-state index contributed by atoms with van der Waals surface area (Å²) >= 11 is 5.95. The molecule has 1 aliphatic heterocycles. The van der Waals surface area contributed by atoms with E-state index in [4.69, 9.17) is 16.7 Å². The van der Waals surface area contributed by atoms with E-state index >= 15 is 0 Å². The zero-order valence-electron chi connectivity index (χ0n) is 21.9. The number of hydrogen-bond acceptors (Lipinski definition) is 3. The maximum atomic E-state index is 14.3. The second kappa shape index (κ2) is 9.92. The molecule has 5 nitrogen and oxygen atoms in total. The molecule has 3 saturated carbocycles. The van der Waals surface area contributed by atoms with Crippen molar-refractivity contribution < 1.29 is 9.18 Å². The van der Waals surface area contributed by atoms with Gasteiger partial charge in [0.15, 0.2) is 0 Å². The molecule has 2 aromatic rings. The predicted octanol–water partition coefficient (Wildman–Crippen LogP) is 6.23. The fourth-order valence-corrected chi connectivity index (χ4v) is 6.89. The number of aromatic nitrogens is 2. The molecule has 198 valence electrons. The molecule has 1 amide bonds. The molecule has 2 N–H and O–H groups in total. The minimum Gasteiger partial charge on any atom is -0.354 e. The van der Waals surface area contributed by atoms with Gasteiger partial charge >= 0.3 is 0 Å². The number of fused-ring (bicyclic) bond motifs is 2. The zero-order valence-corrected chi connectivity index (χ0v) is 23.4. The van der Waals surface area contributed by atoms with Crippen molar-refractivity contribution >= 4 is 29.9 Å². The van der Waals surface area contributed by atoms with E-state index in [1.165, 1.54) is 25.3 Å². The summed E-state index contributed by atoms with van der Waals surface area (Å²) in [4.78, 5) is 13.3. The number of carbonyl (C=O) groups is 1. The Labute approximate surface area is 225 Å².